The van der Waals surface area contributed by atoms with Gasteiger partial charge in [-0.2, -0.15) is 0 Å². The van der Waals surface area contributed by atoms with E-state index in [1.54, 1.807) is 0 Å². The van der Waals surface area contributed by atoms with E-state index in [0.717, 1.165) is 39.5 Å². The molecule has 11 atom stereocenters. The Bertz CT molecular complexity index is 1860. The number of aliphatic hydroxyl groups is 4. The minimum absolute atomic E-state index is 0.0358. The van der Waals surface area contributed by atoms with Gasteiger partial charge in [0.1, 0.15) is 54.4 Å². The summed E-state index contributed by atoms with van der Waals surface area (Å²) in [6.45, 7) is 0.264. The van der Waals surface area contributed by atoms with Crippen molar-refractivity contribution in [1.82, 2.24) is 58.5 Å². The lowest BCUT2D eigenvalue weighted by molar-refractivity contribution is -0.136. The van der Waals surface area contributed by atoms with Crippen molar-refractivity contribution in [2.45, 2.75) is 158 Å². The van der Waals surface area contributed by atoms with Gasteiger partial charge in [0.15, 0.2) is 0 Å². The highest BCUT2D eigenvalue weighted by atomic mass is 16.3. The lowest BCUT2D eigenvalue weighted by Crippen LogP contribution is -2.61. The lowest BCUT2D eigenvalue weighted by atomic mass is 10.1. The van der Waals surface area contributed by atoms with Gasteiger partial charge in [0.05, 0.1) is 32.0 Å². The molecule has 1 aliphatic rings. The predicted molar refractivity (Wildman–Crippen MR) is 264 cm³/mol. The Hall–Kier alpha value is -6.15. The first-order chi connectivity index (χ1) is 35.1. The molecule has 1 fully saturated rings. The number of rotatable bonds is 25. The molecule has 0 spiro atoms. The zero-order chi connectivity index (χ0) is 55.9. The van der Waals surface area contributed by atoms with Crippen LogP contribution in [-0.4, -0.2) is 204 Å². The molecule has 1 aliphatic heterocycles. The number of nitrogens with two attached hydrogens (primary N) is 4. The summed E-state index contributed by atoms with van der Waals surface area (Å²) >= 11 is 0. The summed E-state index contributed by atoms with van der Waals surface area (Å²) in [4.78, 5) is 147. The number of unbranched alkanes of at least 4 members (excludes halogenated alkanes) is 4. The summed E-state index contributed by atoms with van der Waals surface area (Å²) in [5, 5.41) is 67.0. The molecule has 23 N–H and O–H groups in total. The first kappa shape index (κ1) is 65.9. The van der Waals surface area contributed by atoms with E-state index in [0.29, 0.717) is 6.42 Å². The SMILES string of the molecule is CCCCCCCC(=O)N[C@@H](CCN)C(=O)N[C@@H](CO)C(=O)N[C@H](CO)C(=O)N[C@H]1CCNC(=O)[C@H]([C@@H](C)O)NC(=O)[C@H](CCN)NC(=O)[C@H](CCN)NC(=O)[C@H]([C@@H](C)O)NC(=O)CNC(=O)[C@H](CCN)NC1=O. The Morgan fingerprint density at radius 2 is 1.05 bits per heavy atom. The Balaban J connectivity index is 3.55. The highest BCUT2D eigenvalue weighted by molar-refractivity contribution is 5.98. The fraction of sp³-hybridized carbons (Fsp3) is 0.750. The van der Waals surface area contributed by atoms with Crippen molar-refractivity contribution in [1.29, 1.82) is 0 Å². The molecular formula is C44H81N15O15. The Morgan fingerprint density at radius 1 is 0.568 bits per heavy atom. The fourth-order valence-corrected chi connectivity index (χ4v) is 7.21. The molecule has 0 bridgehead atoms. The predicted octanol–water partition coefficient (Wildman–Crippen LogP) is -9.51. The largest absolute Gasteiger partial charge is 0.394 e. The van der Waals surface area contributed by atoms with Crippen molar-refractivity contribution < 1.29 is 73.2 Å². The molecular weight excluding hydrogens is 979 g/mol. The van der Waals surface area contributed by atoms with E-state index >= 15 is 0 Å². The molecule has 30 nitrogen and oxygen atoms in total. The van der Waals surface area contributed by atoms with Gasteiger partial charge >= 0.3 is 0 Å². The van der Waals surface area contributed by atoms with Crippen LogP contribution in [0.3, 0.4) is 0 Å². The molecule has 30 heteroatoms. The van der Waals surface area contributed by atoms with Crippen molar-refractivity contribution in [3.63, 3.8) is 0 Å². The topological polar surface area (TPSA) is 505 Å². The maximum Gasteiger partial charge on any atom is 0.245 e. The molecule has 0 unspecified atom stereocenters. The molecule has 0 aromatic heterocycles. The maximum absolute atomic E-state index is 13.9. The van der Waals surface area contributed by atoms with Crippen LogP contribution in [-0.2, 0) is 52.7 Å². The summed E-state index contributed by atoms with van der Waals surface area (Å²) < 4.78 is 0. The van der Waals surface area contributed by atoms with E-state index in [1.807, 2.05) is 6.92 Å². The number of hydrogen-bond acceptors (Lipinski definition) is 19. The Kier molecular flexibility index (Phi) is 32.0. The number of carbonyl (C=O) groups is 11. The van der Waals surface area contributed by atoms with Gasteiger partial charge in [-0.15, -0.1) is 0 Å². The van der Waals surface area contributed by atoms with E-state index in [9.17, 15) is 73.2 Å². The quantitative estimate of drug-likeness (QED) is 0.0378. The van der Waals surface area contributed by atoms with Gasteiger partial charge in [-0.25, -0.2) is 0 Å². The van der Waals surface area contributed by atoms with E-state index in [1.165, 1.54) is 0 Å². The highest BCUT2D eigenvalue weighted by Gasteiger charge is 2.36. The minimum atomic E-state index is -1.88. The molecule has 0 radical (unpaired) electrons. The van der Waals surface area contributed by atoms with Gasteiger partial charge in [0.2, 0.25) is 65.0 Å². The normalized spacial score (nSPS) is 23.0. The van der Waals surface area contributed by atoms with E-state index in [4.69, 9.17) is 22.9 Å². The van der Waals surface area contributed by atoms with Crippen LogP contribution < -0.4 is 81.4 Å². The summed E-state index contributed by atoms with van der Waals surface area (Å²) in [5.41, 5.74) is 22.8. The summed E-state index contributed by atoms with van der Waals surface area (Å²) in [7, 11) is 0. The first-order valence-electron chi connectivity index (χ1n) is 24.8. The van der Waals surface area contributed by atoms with Gasteiger partial charge < -0.3 is 102 Å². The minimum Gasteiger partial charge on any atom is -0.394 e. The number of amides is 11. The van der Waals surface area contributed by atoms with Gasteiger partial charge in [-0.3, -0.25) is 52.7 Å². The van der Waals surface area contributed by atoms with Gasteiger partial charge in [0.25, 0.3) is 0 Å². The zero-order valence-corrected chi connectivity index (χ0v) is 42.4. The monoisotopic (exact) mass is 1060 g/mol. The lowest BCUT2D eigenvalue weighted by Gasteiger charge is -2.27. The maximum atomic E-state index is 13.9. The number of nitrogens with one attached hydrogen (secondary N) is 11. The van der Waals surface area contributed by atoms with E-state index in [2.05, 4.69) is 58.5 Å². The van der Waals surface area contributed by atoms with Crippen LogP contribution in [0.5, 0.6) is 0 Å². The standard InChI is InChI=1S/C44H81N15O15/c1-4-5-6-7-8-9-32(64)51-26(11-16-46)37(67)56-31(22-61)42(72)57-30(21-60)41(71)54-29-14-19-49-43(73)34(23(2)62)59-40(70)28(13-18-48)53-38(68)27(12-17-47)55-44(74)35(24(3)63)58-33(65)20-50-36(66)25(10-15-45)52-39(29)69/h23-31,34-35,60-63H,4-22,45-48H2,1-3H3,(H,49,73)(H,50,66)(H,51,64)(H,52,69)(H,53,68)(H,54,71)(H,55,74)(H,56,67)(H,57,72)(H,58,65)(H,59,70)/t23-,24-,25+,26+,27+,28+,29+,30-,31+,34+,35+/m1/s1. The van der Waals surface area contributed by atoms with Crippen LogP contribution in [0.1, 0.15) is 91.4 Å². The van der Waals surface area contributed by atoms with Crippen LogP contribution in [0.4, 0.5) is 0 Å². The molecule has 0 aromatic carbocycles. The molecule has 74 heavy (non-hydrogen) atoms. The van der Waals surface area contributed by atoms with Gasteiger partial charge in [-0.1, -0.05) is 32.6 Å². The van der Waals surface area contributed by atoms with Gasteiger partial charge in [0, 0.05) is 13.0 Å². The molecule has 422 valence electrons. The Morgan fingerprint density at radius 3 is 1.58 bits per heavy atom. The number of hydrogen-bond donors (Lipinski definition) is 19. The van der Waals surface area contributed by atoms with Crippen LogP contribution in [0.25, 0.3) is 0 Å². The van der Waals surface area contributed by atoms with Crippen LogP contribution in [0.2, 0.25) is 0 Å². The molecule has 1 saturated heterocycles. The fourth-order valence-electron chi connectivity index (χ4n) is 7.21. The molecule has 0 aromatic rings. The summed E-state index contributed by atoms with van der Waals surface area (Å²) in [6, 6.07) is -14.4. The summed E-state index contributed by atoms with van der Waals surface area (Å²) in [5.74, 6) is -10.9. The van der Waals surface area contributed by atoms with Crippen LogP contribution in [0, 0.1) is 0 Å². The van der Waals surface area contributed by atoms with Crippen molar-refractivity contribution in [2.24, 2.45) is 22.9 Å². The third kappa shape index (κ3) is 23.8. The van der Waals surface area contributed by atoms with Gasteiger partial charge in [-0.05, 0) is 78.6 Å². The highest BCUT2D eigenvalue weighted by Crippen LogP contribution is 2.07. The molecule has 0 aliphatic carbocycles. The zero-order valence-electron chi connectivity index (χ0n) is 42.4. The average molecular weight is 1060 g/mol. The van der Waals surface area contributed by atoms with Crippen molar-refractivity contribution >= 4 is 65.0 Å². The Labute approximate surface area is 429 Å². The number of aliphatic hydroxyl groups excluding tert-OH is 4. The van der Waals surface area contributed by atoms with Crippen molar-refractivity contribution in [3.8, 4) is 0 Å². The summed E-state index contributed by atoms with van der Waals surface area (Å²) in [6.07, 6.45) is 0.0493. The van der Waals surface area contributed by atoms with Crippen molar-refractivity contribution in [3.05, 3.63) is 0 Å². The third-order valence-corrected chi connectivity index (χ3v) is 11.4. The van der Waals surface area contributed by atoms with E-state index in [-0.39, 0.29) is 58.3 Å². The van der Waals surface area contributed by atoms with Crippen LogP contribution in [0.15, 0.2) is 0 Å². The third-order valence-electron chi connectivity index (χ3n) is 11.4. The molecule has 11 amide bonds. The van der Waals surface area contributed by atoms with E-state index < -0.39 is 164 Å². The molecule has 1 heterocycles. The van der Waals surface area contributed by atoms with Crippen LogP contribution >= 0.6 is 0 Å². The number of carbonyl (C=O) groups excluding carboxylic acids is 11. The molecule has 1 rings (SSSR count). The smallest absolute Gasteiger partial charge is 0.245 e. The second kappa shape index (κ2) is 35.9. The van der Waals surface area contributed by atoms with Crippen molar-refractivity contribution in [2.75, 3.05) is 52.5 Å². The second-order valence-corrected chi connectivity index (χ2v) is 17.6. The first-order valence-corrected chi connectivity index (χ1v) is 24.8. The second-order valence-electron chi connectivity index (χ2n) is 17.6. The average Bonchev–Trinajstić information content (AvgIpc) is 3.35. The molecule has 0 saturated carbocycles.